The maximum Gasteiger partial charge on any atom is 0.308 e. The van der Waals surface area contributed by atoms with Crippen LogP contribution in [0.1, 0.15) is 60.6 Å². The molecule has 1 saturated carbocycles. The molecule has 1 amide bonds. The number of carbonyl (C=O) groups excluding carboxylic acids is 1. The number of carboxylic acids is 1. The summed E-state index contributed by atoms with van der Waals surface area (Å²) < 4.78 is 1.98. The summed E-state index contributed by atoms with van der Waals surface area (Å²) in [6, 6.07) is 0.412. The van der Waals surface area contributed by atoms with Crippen molar-refractivity contribution in [2.24, 2.45) is 5.92 Å². The minimum atomic E-state index is -0.809. The molecule has 6 heteroatoms. The molecule has 0 radical (unpaired) electrons. The number of aliphatic carboxylic acids is 1. The largest absolute Gasteiger partial charge is 0.481 e. The molecule has 1 aliphatic carbocycles. The van der Waals surface area contributed by atoms with Crippen LogP contribution in [-0.2, 0) is 4.79 Å². The Morgan fingerprint density at radius 2 is 1.95 bits per heavy atom. The van der Waals surface area contributed by atoms with E-state index in [0.717, 1.165) is 25.0 Å². The molecule has 3 rings (SSSR count). The van der Waals surface area contributed by atoms with Crippen LogP contribution in [-0.4, -0.2) is 44.8 Å². The predicted octanol–water partition coefficient (Wildman–Crippen LogP) is 2.24. The molecular weight excluding hydrogens is 282 g/mol. The molecule has 6 nitrogen and oxygen atoms in total. The third kappa shape index (κ3) is 2.74. The first-order valence-corrected chi connectivity index (χ1v) is 8.14. The van der Waals surface area contributed by atoms with E-state index in [0.29, 0.717) is 31.1 Å². The standard InChI is InChI=1S/C16H23N3O3/c1-11-14(9-17-19(11)13-6-2-3-7-13)15(20)18-8-4-5-12(10-18)16(21)22/h9,12-13H,2-8,10H2,1H3,(H,21,22)/t12-/m1/s1. The highest BCUT2D eigenvalue weighted by Gasteiger charge is 2.30. The second-order valence-electron chi connectivity index (χ2n) is 6.46. The van der Waals surface area contributed by atoms with Gasteiger partial charge in [0, 0.05) is 18.8 Å². The SMILES string of the molecule is Cc1c(C(=O)N2CCC[C@@H](C(=O)O)C2)cnn1C1CCCC1. The molecule has 2 heterocycles. The summed E-state index contributed by atoms with van der Waals surface area (Å²) in [5.74, 6) is -1.33. The fraction of sp³-hybridized carbons (Fsp3) is 0.688. The molecule has 0 bridgehead atoms. The Balaban J connectivity index is 1.76. The van der Waals surface area contributed by atoms with Gasteiger partial charge in [-0.2, -0.15) is 5.10 Å². The van der Waals surface area contributed by atoms with Crippen LogP contribution in [0.5, 0.6) is 0 Å². The smallest absolute Gasteiger partial charge is 0.308 e. The van der Waals surface area contributed by atoms with Gasteiger partial charge in [0.2, 0.25) is 0 Å². The maximum atomic E-state index is 12.7. The van der Waals surface area contributed by atoms with Crippen LogP contribution in [0.15, 0.2) is 6.20 Å². The average molecular weight is 305 g/mol. The molecular formula is C16H23N3O3. The second-order valence-corrected chi connectivity index (χ2v) is 6.46. The van der Waals surface area contributed by atoms with E-state index in [4.69, 9.17) is 5.11 Å². The highest BCUT2D eigenvalue weighted by Crippen LogP contribution is 2.31. The van der Waals surface area contributed by atoms with Crippen molar-refractivity contribution >= 4 is 11.9 Å². The van der Waals surface area contributed by atoms with E-state index in [1.165, 1.54) is 12.8 Å². The molecule has 120 valence electrons. The minimum Gasteiger partial charge on any atom is -0.481 e. The summed E-state index contributed by atoms with van der Waals surface area (Å²) in [6.45, 7) is 2.88. The first-order chi connectivity index (χ1) is 10.6. The molecule has 1 aromatic rings. The van der Waals surface area contributed by atoms with Crippen molar-refractivity contribution in [2.45, 2.75) is 51.5 Å². The van der Waals surface area contributed by atoms with Crippen LogP contribution in [0, 0.1) is 12.8 Å². The lowest BCUT2D eigenvalue weighted by Crippen LogP contribution is -2.42. The van der Waals surface area contributed by atoms with Crippen molar-refractivity contribution < 1.29 is 14.7 Å². The molecule has 2 aliphatic rings. The van der Waals surface area contributed by atoms with Gasteiger partial charge in [-0.05, 0) is 32.6 Å². The van der Waals surface area contributed by atoms with Gasteiger partial charge in [-0.1, -0.05) is 12.8 Å². The third-order valence-electron chi connectivity index (χ3n) is 5.00. The Kier molecular flexibility index (Phi) is 4.18. The summed E-state index contributed by atoms with van der Waals surface area (Å²) in [6.07, 6.45) is 7.75. The summed E-state index contributed by atoms with van der Waals surface area (Å²) in [7, 11) is 0. The Morgan fingerprint density at radius 3 is 2.64 bits per heavy atom. The fourth-order valence-electron chi connectivity index (χ4n) is 3.68. The van der Waals surface area contributed by atoms with Crippen LogP contribution >= 0.6 is 0 Å². The van der Waals surface area contributed by atoms with Gasteiger partial charge in [0.25, 0.3) is 5.91 Å². The molecule has 1 saturated heterocycles. The highest BCUT2D eigenvalue weighted by molar-refractivity contribution is 5.95. The van der Waals surface area contributed by atoms with E-state index in [1.807, 2.05) is 11.6 Å². The number of nitrogens with zero attached hydrogens (tertiary/aromatic N) is 3. The van der Waals surface area contributed by atoms with E-state index in [1.54, 1.807) is 11.1 Å². The lowest BCUT2D eigenvalue weighted by atomic mass is 9.97. The lowest BCUT2D eigenvalue weighted by Gasteiger charge is -2.30. The normalized spacial score (nSPS) is 23.0. The van der Waals surface area contributed by atoms with Gasteiger partial charge in [0.1, 0.15) is 0 Å². The number of likely N-dealkylation sites (tertiary alicyclic amines) is 1. The van der Waals surface area contributed by atoms with Gasteiger partial charge in [-0.15, -0.1) is 0 Å². The van der Waals surface area contributed by atoms with E-state index in [2.05, 4.69) is 5.10 Å². The van der Waals surface area contributed by atoms with Gasteiger partial charge in [0.15, 0.2) is 0 Å². The zero-order chi connectivity index (χ0) is 15.7. The van der Waals surface area contributed by atoms with Crippen LogP contribution in [0.25, 0.3) is 0 Å². The fourth-order valence-corrected chi connectivity index (χ4v) is 3.68. The first-order valence-electron chi connectivity index (χ1n) is 8.14. The number of aromatic nitrogens is 2. The molecule has 1 aliphatic heterocycles. The van der Waals surface area contributed by atoms with Crippen molar-refractivity contribution in [3.8, 4) is 0 Å². The molecule has 1 aromatic heterocycles. The number of hydrogen-bond donors (Lipinski definition) is 1. The molecule has 1 N–H and O–H groups in total. The van der Waals surface area contributed by atoms with Crippen molar-refractivity contribution in [1.29, 1.82) is 0 Å². The van der Waals surface area contributed by atoms with Gasteiger partial charge >= 0.3 is 5.97 Å². The van der Waals surface area contributed by atoms with Crippen molar-refractivity contribution in [3.05, 3.63) is 17.5 Å². The Morgan fingerprint density at radius 1 is 1.23 bits per heavy atom. The van der Waals surface area contributed by atoms with Crippen LogP contribution in [0.2, 0.25) is 0 Å². The lowest BCUT2D eigenvalue weighted by molar-refractivity contribution is -0.143. The predicted molar refractivity (Wildman–Crippen MR) is 80.7 cm³/mol. The van der Waals surface area contributed by atoms with E-state index in [9.17, 15) is 9.59 Å². The zero-order valence-electron chi connectivity index (χ0n) is 13.0. The maximum absolute atomic E-state index is 12.7. The van der Waals surface area contributed by atoms with Gasteiger partial charge in [-0.25, -0.2) is 0 Å². The Hall–Kier alpha value is -1.85. The van der Waals surface area contributed by atoms with Gasteiger partial charge in [0.05, 0.1) is 23.7 Å². The summed E-state index contributed by atoms with van der Waals surface area (Å²) >= 11 is 0. The third-order valence-corrected chi connectivity index (χ3v) is 5.00. The number of carbonyl (C=O) groups is 2. The summed E-state index contributed by atoms with van der Waals surface area (Å²) in [5, 5.41) is 13.6. The summed E-state index contributed by atoms with van der Waals surface area (Å²) in [5.41, 5.74) is 1.53. The molecule has 0 aromatic carbocycles. The molecule has 1 atom stereocenters. The Bertz CT molecular complexity index is 575. The van der Waals surface area contributed by atoms with E-state index < -0.39 is 11.9 Å². The number of rotatable bonds is 3. The molecule has 22 heavy (non-hydrogen) atoms. The number of hydrogen-bond acceptors (Lipinski definition) is 3. The zero-order valence-corrected chi connectivity index (χ0v) is 13.0. The molecule has 0 spiro atoms. The van der Waals surface area contributed by atoms with E-state index in [-0.39, 0.29) is 5.91 Å². The summed E-state index contributed by atoms with van der Waals surface area (Å²) in [4.78, 5) is 25.5. The van der Waals surface area contributed by atoms with Crippen molar-refractivity contribution in [1.82, 2.24) is 14.7 Å². The average Bonchev–Trinajstić information content (AvgIpc) is 3.16. The van der Waals surface area contributed by atoms with Gasteiger partial charge in [-0.3, -0.25) is 14.3 Å². The number of carboxylic acid groups (broad SMARTS) is 1. The Labute approximate surface area is 130 Å². The van der Waals surface area contributed by atoms with Crippen LogP contribution in [0.3, 0.4) is 0 Å². The minimum absolute atomic E-state index is 0.0762. The topological polar surface area (TPSA) is 75.4 Å². The first kappa shape index (κ1) is 15.1. The highest BCUT2D eigenvalue weighted by atomic mass is 16.4. The van der Waals surface area contributed by atoms with E-state index >= 15 is 0 Å². The van der Waals surface area contributed by atoms with Crippen molar-refractivity contribution in [3.63, 3.8) is 0 Å². The molecule has 2 fully saturated rings. The number of piperidine rings is 1. The monoisotopic (exact) mass is 305 g/mol. The molecule has 0 unspecified atom stereocenters. The van der Waals surface area contributed by atoms with Crippen LogP contribution < -0.4 is 0 Å². The second kappa shape index (κ2) is 6.10. The quantitative estimate of drug-likeness (QED) is 0.929. The van der Waals surface area contributed by atoms with Crippen LogP contribution in [0.4, 0.5) is 0 Å². The van der Waals surface area contributed by atoms with Gasteiger partial charge < -0.3 is 10.0 Å². The number of amides is 1. The van der Waals surface area contributed by atoms with Crippen molar-refractivity contribution in [2.75, 3.05) is 13.1 Å².